The van der Waals surface area contributed by atoms with Crippen LogP contribution in [0.25, 0.3) is 16.5 Å². The average Bonchev–Trinajstić information content (AvgIpc) is 3.24. The number of carbonyl (C=O) groups is 2. The lowest BCUT2D eigenvalue weighted by molar-refractivity contribution is -0.142. The van der Waals surface area contributed by atoms with E-state index in [1.165, 1.54) is 13.2 Å². The number of halogens is 1. The molecule has 1 atom stereocenters. The van der Waals surface area contributed by atoms with Crippen LogP contribution in [0.4, 0.5) is 4.39 Å². The minimum atomic E-state index is -0.799. The Labute approximate surface area is 153 Å². The van der Waals surface area contributed by atoms with Crippen molar-refractivity contribution < 1.29 is 23.6 Å². The summed E-state index contributed by atoms with van der Waals surface area (Å²) < 4.78 is 19.6. The van der Waals surface area contributed by atoms with Crippen LogP contribution in [0.2, 0.25) is 0 Å². The van der Waals surface area contributed by atoms with Crippen molar-refractivity contribution in [1.82, 2.24) is 10.5 Å². The number of nitrogens with one attached hydrogen (secondary N) is 2. The van der Waals surface area contributed by atoms with Crippen LogP contribution in [0, 0.1) is 5.82 Å². The fraction of sp³-hybridized carbons (Fsp3) is 0.100. The molecule has 0 spiro atoms. The Bertz CT molecular complexity index is 1070. The van der Waals surface area contributed by atoms with Crippen LogP contribution in [-0.4, -0.2) is 24.0 Å². The van der Waals surface area contributed by atoms with Crippen molar-refractivity contribution >= 4 is 28.4 Å². The SMILES string of the molecule is CONC(=O)C1=C(c2cc3c(F)cccc3[nH]2)C(c2ccccc2)OC1=O. The van der Waals surface area contributed by atoms with Crippen molar-refractivity contribution in [1.29, 1.82) is 0 Å². The van der Waals surface area contributed by atoms with Crippen LogP contribution >= 0.6 is 0 Å². The maximum Gasteiger partial charge on any atom is 0.345 e. The van der Waals surface area contributed by atoms with Crippen molar-refractivity contribution in [2.45, 2.75) is 6.10 Å². The molecule has 2 heterocycles. The lowest BCUT2D eigenvalue weighted by atomic mass is 9.96. The smallest absolute Gasteiger partial charge is 0.345 e. The molecule has 4 rings (SSSR count). The molecular formula is C20H15FN2O4. The second-order valence-electron chi connectivity index (χ2n) is 6.00. The number of hydrogen-bond donors (Lipinski definition) is 2. The van der Waals surface area contributed by atoms with Gasteiger partial charge in [0.05, 0.1) is 7.11 Å². The van der Waals surface area contributed by atoms with Crippen molar-refractivity contribution in [2.75, 3.05) is 7.11 Å². The highest BCUT2D eigenvalue weighted by Gasteiger charge is 2.40. The molecule has 0 saturated heterocycles. The highest BCUT2D eigenvalue weighted by molar-refractivity contribution is 6.24. The number of benzene rings is 2. The van der Waals surface area contributed by atoms with Gasteiger partial charge in [-0.1, -0.05) is 36.4 Å². The van der Waals surface area contributed by atoms with Gasteiger partial charge >= 0.3 is 5.97 Å². The van der Waals surface area contributed by atoms with Crippen LogP contribution in [0.1, 0.15) is 17.4 Å². The number of H-pyrrole nitrogens is 1. The predicted octanol–water partition coefficient (Wildman–Crippen LogP) is 3.04. The van der Waals surface area contributed by atoms with Gasteiger partial charge in [-0.25, -0.2) is 14.7 Å². The van der Waals surface area contributed by atoms with Crippen LogP contribution in [0.15, 0.2) is 60.2 Å². The topological polar surface area (TPSA) is 80.4 Å². The first-order chi connectivity index (χ1) is 13.1. The summed E-state index contributed by atoms with van der Waals surface area (Å²) in [7, 11) is 1.27. The van der Waals surface area contributed by atoms with Crippen LogP contribution in [-0.2, 0) is 19.2 Å². The monoisotopic (exact) mass is 366 g/mol. The number of aromatic nitrogens is 1. The summed E-state index contributed by atoms with van der Waals surface area (Å²) in [5.41, 5.74) is 3.97. The number of cyclic esters (lactones) is 1. The zero-order valence-electron chi connectivity index (χ0n) is 14.3. The molecule has 0 fully saturated rings. The van der Waals surface area contributed by atoms with Gasteiger partial charge in [-0.3, -0.25) is 9.63 Å². The third-order valence-corrected chi connectivity index (χ3v) is 4.39. The van der Waals surface area contributed by atoms with Crippen molar-refractivity contribution in [3.8, 4) is 0 Å². The third-order valence-electron chi connectivity index (χ3n) is 4.39. The summed E-state index contributed by atoms with van der Waals surface area (Å²) in [6.45, 7) is 0. The Hall–Kier alpha value is -3.45. The number of ether oxygens (including phenoxy) is 1. The van der Waals surface area contributed by atoms with Crippen molar-refractivity contribution in [3.63, 3.8) is 0 Å². The van der Waals surface area contributed by atoms with Gasteiger partial charge in [-0.05, 0) is 23.8 Å². The molecule has 1 aromatic heterocycles. The van der Waals surface area contributed by atoms with E-state index >= 15 is 0 Å². The fourth-order valence-corrected chi connectivity index (χ4v) is 3.23. The van der Waals surface area contributed by atoms with E-state index in [0.717, 1.165) is 0 Å². The van der Waals surface area contributed by atoms with E-state index in [0.29, 0.717) is 27.7 Å². The third kappa shape index (κ3) is 2.88. The Morgan fingerprint density at radius 2 is 1.96 bits per heavy atom. The van der Waals surface area contributed by atoms with Crippen LogP contribution in [0.3, 0.4) is 0 Å². The number of fused-ring (bicyclic) bond motifs is 1. The molecule has 0 bridgehead atoms. The number of rotatable bonds is 4. The summed E-state index contributed by atoms with van der Waals surface area (Å²) >= 11 is 0. The Morgan fingerprint density at radius 1 is 1.19 bits per heavy atom. The lowest BCUT2D eigenvalue weighted by Gasteiger charge is -2.13. The Kier molecular flexibility index (Phi) is 4.21. The zero-order valence-corrected chi connectivity index (χ0v) is 14.3. The zero-order chi connectivity index (χ0) is 19.0. The minimum absolute atomic E-state index is 0.183. The Morgan fingerprint density at radius 3 is 2.67 bits per heavy atom. The molecule has 1 aliphatic heterocycles. The normalized spacial score (nSPS) is 16.7. The molecule has 1 aliphatic rings. The van der Waals surface area contributed by atoms with Crippen LogP contribution in [0.5, 0.6) is 0 Å². The molecule has 2 aromatic carbocycles. The molecule has 27 heavy (non-hydrogen) atoms. The van der Waals surface area contributed by atoms with Crippen molar-refractivity contribution in [2.24, 2.45) is 0 Å². The summed E-state index contributed by atoms with van der Waals surface area (Å²) in [5.74, 6) is -1.90. The molecule has 0 radical (unpaired) electrons. The maximum atomic E-state index is 14.1. The van der Waals surface area contributed by atoms with Crippen LogP contribution < -0.4 is 5.48 Å². The number of hydroxylamine groups is 1. The van der Waals surface area contributed by atoms with Gasteiger partial charge in [0.2, 0.25) is 0 Å². The molecule has 0 aliphatic carbocycles. The second kappa shape index (κ2) is 6.69. The first-order valence-corrected chi connectivity index (χ1v) is 8.21. The van der Waals surface area contributed by atoms with E-state index in [2.05, 4.69) is 15.3 Å². The van der Waals surface area contributed by atoms with Gasteiger partial charge in [0.15, 0.2) is 6.10 Å². The van der Waals surface area contributed by atoms with Gasteiger partial charge in [0.1, 0.15) is 11.4 Å². The molecule has 3 aromatic rings. The number of esters is 1. The van der Waals surface area contributed by atoms with Crippen molar-refractivity contribution in [3.05, 3.63) is 77.2 Å². The quantitative estimate of drug-likeness (QED) is 0.423. The Balaban J connectivity index is 1.93. The molecular weight excluding hydrogens is 351 g/mol. The van der Waals surface area contributed by atoms with E-state index in [1.807, 2.05) is 6.07 Å². The lowest BCUT2D eigenvalue weighted by Crippen LogP contribution is -2.26. The summed E-state index contributed by atoms with van der Waals surface area (Å²) in [6, 6.07) is 15.2. The first-order valence-electron chi connectivity index (χ1n) is 8.21. The largest absolute Gasteiger partial charge is 0.449 e. The van der Waals surface area contributed by atoms with E-state index in [4.69, 9.17) is 4.74 Å². The van der Waals surface area contributed by atoms with Gasteiger partial charge in [-0.2, -0.15) is 0 Å². The molecule has 2 N–H and O–H groups in total. The van der Waals surface area contributed by atoms with E-state index < -0.39 is 23.8 Å². The number of hydrogen-bond acceptors (Lipinski definition) is 4. The molecule has 6 nitrogen and oxygen atoms in total. The standard InChI is InChI=1S/C20H15FN2O4/c1-26-23-19(24)17-16(15-10-12-13(21)8-5-9-14(12)22-15)18(27-20(17)25)11-6-3-2-4-7-11/h2-10,18,22H,1H3,(H,23,24). The average molecular weight is 366 g/mol. The molecule has 1 amide bonds. The number of aromatic amines is 1. The predicted molar refractivity (Wildman–Crippen MR) is 95.6 cm³/mol. The van der Waals surface area contributed by atoms with Gasteiger partial charge < -0.3 is 9.72 Å². The highest BCUT2D eigenvalue weighted by atomic mass is 19.1. The van der Waals surface area contributed by atoms with E-state index in [9.17, 15) is 14.0 Å². The van der Waals surface area contributed by atoms with Gasteiger partial charge in [0.25, 0.3) is 5.91 Å². The number of amides is 1. The summed E-state index contributed by atoms with van der Waals surface area (Å²) in [6.07, 6.45) is -0.799. The van der Waals surface area contributed by atoms with Gasteiger partial charge in [0, 0.05) is 22.2 Å². The highest BCUT2D eigenvalue weighted by Crippen LogP contribution is 2.42. The number of carbonyl (C=O) groups excluding carboxylic acids is 2. The fourth-order valence-electron chi connectivity index (χ4n) is 3.23. The van der Waals surface area contributed by atoms with E-state index in [1.54, 1.807) is 42.5 Å². The first kappa shape index (κ1) is 17.0. The minimum Gasteiger partial charge on any atom is -0.449 e. The second-order valence-corrected chi connectivity index (χ2v) is 6.00. The van der Waals surface area contributed by atoms with E-state index in [-0.39, 0.29) is 5.57 Å². The summed E-state index contributed by atoms with van der Waals surface area (Å²) in [4.78, 5) is 32.6. The maximum absolute atomic E-state index is 14.1. The molecule has 1 unspecified atom stereocenters. The molecule has 0 saturated carbocycles. The van der Waals surface area contributed by atoms with Gasteiger partial charge in [-0.15, -0.1) is 0 Å². The summed E-state index contributed by atoms with van der Waals surface area (Å²) in [5, 5.41) is 0.359. The molecule has 136 valence electrons. The molecule has 7 heteroatoms.